The van der Waals surface area contributed by atoms with Gasteiger partial charge in [-0.1, -0.05) is 6.08 Å². The zero-order valence-corrected chi connectivity index (χ0v) is 12.4. The summed E-state index contributed by atoms with van der Waals surface area (Å²) < 4.78 is 10.9. The van der Waals surface area contributed by atoms with Crippen LogP contribution >= 0.6 is 0 Å². The fourth-order valence-corrected chi connectivity index (χ4v) is 2.02. The number of anilines is 2. The lowest BCUT2D eigenvalue weighted by atomic mass is 10.2. The van der Waals surface area contributed by atoms with Crippen LogP contribution in [-0.4, -0.2) is 35.6 Å². The van der Waals surface area contributed by atoms with Crippen LogP contribution in [0.15, 0.2) is 43.2 Å². The van der Waals surface area contributed by atoms with Gasteiger partial charge in [-0.2, -0.15) is 0 Å². The number of aromatic nitrogens is 2. The van der Waals surface area contributed by atoms with Gasteiger partial charge >= 0.3 is 0 Å². The predicted octanol–water partition coefficient (Wildman–Crippen LogP) is 2.10. The van der Waals surface area contributed by atoms with E-state index in [4.69, 9.17) is 9.47 Å². The monoisotopic (exact) mass is 312 g/mol. The fourth-order valence-electron chi connectivity index (χ4n) is 2.02. The van der Waals surface area contributed by atoms with Crippen molar-refractivity contribution in [2.24, 2.45) is 0 Å². The molecule has 0 bridgehead atoms. The average Bonchev–Trinajstić information content (AvgIpc) is 2.60. The third-order valence-corrected chi connectivity index (χ3v) is 3.12. The molecule has 3 rings (SSSR count). The minimum Gasteiger partial charge on any atom is -0.486 e. The Hall–Kier alpha value is -3.09. The molecule has 1 aliphatic rings. The van der Waals surface area contributed by atoms with E-state index in [9.17, 15) is 4.79 Å². The van der Waals surface area contributed by atoms with E-state index >= 15 is 0 Å². The van der Waals surface area contributed by atoms with E-state index < -0.39 is 0 Å². The quantitative estimate of drug-likeness (QED) is 0.822. The van der Waals surface area contributed by atoms with Crippen LogP contribution in [-0.2, 0) is 0 Å². The molecule has 118 valence electrons. The first-order valence-electron chi connectivity index (χ1n) is 7.14. The molecule has 1 aromatic carbocycles. The number of carbonyl (C=O) groups is 1. The lowest BCUT2D eigenvalue weighted by Crippen LogP contribution is -2.16. The van der Waals surface area contributed by atoms with Gasteiger partial charge in [0.15, 0.2) is 11.5 Å². The molecule has 0 saturated carbocycles. The summed E-state index contributed by atoms with van der Waals surface area (Å²) >= 11 is 0. The SMILES string of the molecule is C=CCNc1ncc(C(=O)Nc2ccc3c(c2)OCCO3)cn1. The fraction of sp³-hybridized carbons (Fsp3) is 0.188. The molecule has 1 aromatic heterocycles. The molecule has 2 N–H and O–H groups in total. The summed E-state index contributed by atoms with van der Waals surface area (Å²) in [5, 5.41) is 5.72. The highest BCUT2D eigenvalue weighted by Crippen LogP contribution is 2.32. The Morgan fingerprint density at radius 2 is 1.96 bits per heavy atom. The van der Waals surface area contributed by atoms with Gasteiger partial charge in [-0.05, 0) is 12.1 Å². The molecule has 0 spiro atoms. The normalized spacial score (nSPS) is 12.3. The van der Waals surface area contributed by atoms with Crippen molar-refractivity contribution < 1.29 is 14.3 Å². The summed E-state index contributed by atoms with van der Waals surface area (Å²) in [5.74, 6) is 1.45. The van der Waals surface area contributed by atoms with Crippen LogP contribution in [0.25, 0.3) is 0 Å². The minimum absolute atomic E-state index is 0.294. The maximum Gasteiger partial charge on any atom is 0.258 e. The molecule has 0 fully saturated rings. The summed E-state index contributed by atoms with van der Waals surface area (Å²) in [4.78, 5) is 20.4. The second kappa shape index (κ2) is 6.78. The van der Waals surface area contributed by atoms with Crippen molar-refractivity contribution in [1.29, 1.82) is 0 Å². The van der Waals surface area contributed by atoms with Gasteiger partial charge in [0.1, 0.15) is 13.2 Å². The number of fused-ring (bicyclic) bond motifs is 1. The summed E-state index contributed by atoms with van der Waals surface area (Å²) in [6.07, 6.45) is 4.63. The number of benzene rings is 1. The molecule has 0 aliphatic carbocycles. The maximum absolute atomic E-state index is 12.2. The topological polar surface area (TPSA) is 85.4 Å². The molecular weight excluding hydrogens is 296 g/mol. The first-order valence-corrected chi connectivity index (χ1v) is 7.14. The highest BCUT2D eigenvalue weighted by molar-refractivity contribution is 6.04. The first-order chi connectivity index (χ1) is 11.3. The van der Waals surface area contributed by atoms with Gasteiger partial charge < -0.3 is 20.1 Å². The molecule has 7 heteroatoms. The van der Waals surface area contributed by atoms with Crippen LogP contribution < -0.4 is 20.1 Å². The molecule has 2 heterocycles. The van der Waals surface area contributed by atoms with Crippen molar-refractivity contribution in [3.8, 4) is 11.5 Å². The van der Waals surface area contributed by atoms with Crippen LogP contribution in [0.2, 0.25) is 0 Å². The van der Waals surface area contributed by atoms with Gasteiger partial charge in [0.2, 0.25) is 5.95 Å². The van der Waals surface area contributed by atoms with Crippen molar-refractivity contribution in [2.45, 2.75) is 0 Å². The van der Waals surface area contributed by atoms with Gasteiger partial charge in [0.05, 0.1) is 5.56 Å². The minimum atomic E-state index is -0.294. The average molecular weight is 312 g/mol. The van der Waals surface area contributed by atoms with Gasteiger partial charge in [0.25, 0.3) is 5.91 Å². The van der Waals surface area contributed by atoms with Crippen LogP contribution in [0.4, 0.5) is 11.6 Å². The van der Waals surface area contributed by atoms with Crippen LogP contribution in [0.1, 0.15) is 10.4 Å². The maximum atomic E-state index is 12.2. The van der Waals surface area contributed by atoms with Crippen molar-refractivity contribution >= 4 is 17.5 Å². The molecule has 0 radical (unpaired) electrons. The molecule has 1 aliphatic heterocycles. The highest BCUT2D eigenvalue weighted by atomic mass is 16.6. The zero-order chi connectivity index (χ0) is 16.1. The Bertz CT molecular complexity index is 716. The van der Waals surface area contributed by atoms with Crippen LogP contribution in [0, 0.1) is 0 Å². The Kier molecular flexibility index (Phi) is 4.37. The second-order valence-electron chi connectivity index (χ2n) is 4.78. The van der Waals surface area contributed by atoms with Crippen molar-refractivity contribution in [1.82, 2.24) is 9.97 Å². The van der Waals surface area contributed by atoms with Gasteiger partial charge in [-0.15, -0.1) is 6.58 Å². The number of nitrogens with zero attached hydrogens (tertiary/aromatic N) is 2. The standard InChI is InChI=1S/C16H16N4O3/c1-2-5-17-16-18-9-11(10-19-16)15(21)20-12-3-4-13-14(8-12)23-7-6-22-13/h2-4,8-10H,1,5-7H2,(H,20,21)(H,17,18,19). The number of ether oxygens (including phenoxy) is 2. The zero-order valence-electron chi connectivity index (χ0n) is 12.4. The van der Waals surface area contributed by atoms with Crippen molar-refractivity contribution in [3.05, 3.63) is 48.8 Å². The summed E-state index contributed by atoms with van der Waals surface area (Å²) in [5.41, 5.74) is 0.983. The molecule has 7 nitrogen and oxygen atoms in total. The van der Waals surface area contributed by atoms with Gasteiger partial charge in [-0.3, -0.25) is 4.79 Å². The van der Waals surface area contributed by atoms with Crippen LogP contribution in [0.3, 0.4) is 0 Å². The number of amides is 1. The van der Waals surface area contributed by atoms with E-state index in [2.05, 4.69) is 27.2 Å². The molecule has 0 saturated heterocycles. The molecule has 0 atom stereocenters. The number of nitrogens with one attached hydrogen (secondary N) is 2. The number of carbonyl (C=O) groups excluding carboxylic acids is 1. The third-order valence-electron chi connectivity index (χ3n) is 3.12. The van der Waals surface area contributed by atoms with Gasteiger partial charge in [0, 0.05) is 30.7 Å². The van der Waals surface area contributed by atoms with Crippen LogP contribution in [0.5, 0.6) is 11.5 Å². The number of hydrogen-bond donors (Lipinski definition) is 2. The highest BCUT2D eigenvalue weighted by Gasteiger charge is 2.13. The smallest absolute Gasteiger partial charge is 0.258 e. The molecule has 2 aromatic rings. The Morgan fingerprint density at radius 3 is 2.70 bits per heavy atom. The van der Waals surface area contributed by atoms with Gasteiger partial charge in [-0.25, -0.2) is 9.97 Å². The van der Waals surface area contributed by atoms with Crippen molar-refractivity contribution in [3.63, 3.8) is 0 Å². The van der Waals surface area contributed by atoms with E-state index in [-0.39, 0.29) is 5.91 Å². The summed E-state index contributed by atoms with van der Waals surface area (Å²) in [6, 6.07) is 5.25. The molecule has 1 amide bonds. The third kappa shape index (κ3) is 3.57. The predicted molar refractivity (Wildman–Crippen MR) is 86.1 cm³/mol. The lowest BCUT2D eigenvalue weighted by Gasteiger charge is -2.19. The largest absolute Gasteiger partial charge is 0.486 e. The first kappa shape index (κ1) is 14.8. The van der Waals surface area contributed by atoms with E-state index in [0.717, 1.165) is 0 Å². The number of hydrogen-bond acceptors (Lipinski definition) is 6. The Labute approximate surface area is 133 Å². The van der Waals surface area contributed by atoms with Crippen molar-refractivity contribution in [2.75, 3.05) is 30.4 Å². The van der Waals surface area contributed by atoms with E-state index in [1.807, 2.05) is 0 Å². The Balaban J connectivity index is 1.67. The van der Waals surface area contributed by atoms with E-state index in [0.29, 0.717) is 48.5 Å². The molecular formula is C16H16N4O3. The Morgan fingerprint density at radius 1 is 1.22 bits per heavy atom. The van der Waals surface area contributed by atoms with E-state index in [1.54, 1.807) is 24.3 Å². The summed E-state index contributed by atoms with van der Waals surface area (Å²) in [6.45, 7) is 5.18. The number of rotatable bonds is 5. The summed E-state index contributed by atoms with van der Waals surface area (Å²) in [7, 11) is 0. The van der Waals surface area contributed by atoms with E-state index in [1.165, 1.54) is 12.4 Å². The lowest BCUT2D eigenvalue weighted by molar-refractivity contribution is 0.102. The molecule has 23 heavy (non-hydrogen) atoms. The second-order valence-corrected chi connectivity index (χ2v) is 4.78. The molecule has 0 unspecified atom stereocenters.